The first-order valence-electron chi connectivity index (χ1n) is 14.7. The summed E-state index contributed by atoms with van der Waals surface area (Å²) in [7, 11) is 1.53. The maximum absolute atomic E-state index is 12.7. The van der Waals surface area contributed by atoms with Gasteiger partial charge in [-0.1, -0.05) is 41.9 Å². The standard InChI is InChI=1S/C38H28ClN3O7/c1-47-32-21-14-28(15-22-32)38(46)49-33-8-4-2-6-25(33)16-23-35(43)48-34-9-5-3-7-29(34)24-40-42-37(45)27-12-19-31(20-13-27)41-36(44)26-10-17-30(39)18-11-26/h2-24H,1H3,(H,41,44)(H,42,45)/b23-16+,40-24+. The van der Waals surface area contributed by atoms with Crippen molar-refractivity contribution in [3.63, 3.8) is 0 Å². The highest BCUT2D eigenvalue weighted by molar-refractivity contribution is 6.30. The number of methoxy groups -OCH3 is 1. The monoisotopic (exact) mass is 673 g/mol. The molecule has 0 aromatic heterocycles. The summed E-state index contributed by atoms with van der Waals surface area (Å²) in [5.41, 5.74) is 4.93. The number of carbonyl (C=O) groups excluding carboxylic acids is 4. The van der Waals surface area contributed by atoms with Crippen LogP contribution in [0.1, 0.15) is 42.2 Å². The Morgan fingerprint density at radius 2 is 1.22 bits per heavy atom. The van der Waals surface area contributed by atoms with Crippen LogP contribution < -0.4 is 25.0 Å². The second kappa shape index (κ2) is 16.3. The third-order valence-corrected chi connectivity index (χ3v) is 7.11. The lowest BCUT2D eigenvalue weighted by molar-refractivity contribution is -0.128. The first kappa shape index (κ1) is 33.8. The van der Waals surface area contributed by atoms with Crippen molar-refractivity contribution in [2.75, 3.05) is 12.4 Å². The molecule has 0 saturated carbocycles. The minimum atomic E-state index is -0.690. The van der Waals surface area contributed by atoms with Gasteiger partial charge in [-0.25, -0.2) is 15.0 Å². The number of esters is 2. The molecule has 0 heterocycles. The van der Waals surface area contributed by atoms with Gasteiger partial charge in [0.2, 0.25) is 0 Å². The van der Waals surface area contributed by atoms with Crippen molar-refractivity contribution in [2.45, 2.75) is 0 Å². The normalized spacial score (nSPS) is 10.8. The fourth-order valence-corrected chi connectivity index (χ4v) is 4.44. The van der Waals surface area contributed by atoms with E-state index in [1.54, 1.807) is 121 Å². The molecule has 11 heteroatoms. The molecule has 0 aliphatic carbocycles. The third kappa shape index (κ3) is 9.50. The molecule has 49 heavy (non-hydrogen) atoms. The highest BCUT2D eigenvalue weighted by atomic mass is 35.5. The van der Waals surface area contributed by atoms with Crippen molar-refractivity contribution >= 4 is 53.3 Å². The van der Waals surface area contributed by atoms with Gasteiger partial charge in [-0.3, -0.25) is 9.59 Å². The van der Waals surface area contributed by atoms with E-state index in [9.17, 15) is 19.2 Å². The highest BCUT2D eigenvalue weighted by Crippen LogP contribution is 2.23. The van der Waals surface area contributed by atoms with Gasteiger partial charge >= 0.3 is 11.9 Å². The van der Waals surface area contributed by atoms with Crippen molar-refractivity contribution in [3.05, 3.63) is 160 Å². The van der Waals surface area contributed by atoms with Crippen LogP contribution in [0.3, 0.4) is 0 Å². The van der Waals surface area contributed by atoms with E-state index in [4.69, 9.17) is 25.8 Å². The van der Waals surface area contributed by atoms with E-state index in [1.165, 1.54) is 25.5 Å². The van der Waals surface area contributed by atoms with Crippen LogP contribution in [0.25, 0.3) is 6.08 Å². The number of anilines is 1. The number of nitrogens with one attached hydrogen (secondary N) is 2. The number of amides is 2. The van der Waals surface area contributed by atoms with Crippen molar-refractivity contribution in [1.82, 2.24) is 5.43 Å². The molecule has 5 aromatic carbocycles. The largest absolute Gasteiger partial charge is 0.497 e. The summed E-state index contributed by atoms with van der Waals surface area (Å²) in [5.74, 6) is -0.993. The molecule has 2 amide bonds. The molecule has 0 aliphatic heterocycles. The molecule has 0 unspecified atom stereocenters. The first-order chi connectivity index (χ1) is 23.8. The molecule has 5 aromatic rings. The van der Waals surface area contributed by atoms with E-state index in [0.717, 1.165) is 0 Å². The zero-order valence-electron chi connectivity index (χ0n) is 26.0. The number of benzene rings is 5. The number of hydrogen-bond donors (Lipinski definition) is 2. The van der Waals surface area contributed by atoms with E-state index < -0.39 is 17.8 Å². The van der Waals surface area contributed by atoms with E-state index in [-0.39, 0.29) is 17.4 Å². The molecule has 0 fully saturated rings. The summed E-state index contributed by atoms with van der Waals surface area (Å²) in [4.78, 5) is 50.5. The Kier molecular flexibility index (Phi) is 11.3. The number of halogens is 1. The molecule has 0 aliphatic rings. The summed E-state index contributed by atoms with van der Waals surface area (Å²) in [6, 6.07) is 32.6. The van der Waals surface area contributed by atoms with Crippen LogP contribution in [0, 0.1) is 0 Å². The van der Waals surface area contributed by atoms with Gasteiger partial charge in [0.15, 0.2) is 0 Å². The zero-order chi connectivity index (χ0) is 34.6. The molecule has 5 rings (SSSR count). The van der Waals surface area contributed by atoms with E-state index in [1.807, 2.05) is 0 Å². The second-order valence-electron chi connectivity index (χ2n) is 10.2. The average Bonchev–Trinajstić information content (AvgIpc) is 3.12. The molecule has 0 radical (unpaired) electrons. The van der Waals surface area contributed by atoms with E-state index in [0.29, 0.717) is 44.3 Å². The second-order valence-corrected chi connectivity index (χ2v) is 10.6. The molecule has 0 spiro atoms. The number of rotatable bonds is 11. The maximum atomic E-state index is 12.7. The van der Waals surface area contributed by atoms with Crippen LogP contribution in [0.15, 0.2) is 133 Å². The van der Waals surface area contributed by atoms with Crippen molar-refractivity contribution in [3.8, 4) is 17.2 Å². The van der Waals surface area contributed by atoms with Gasteiger partial charge in [0.25, 0.3) is 11.8 Å². The van der Waals surface area contributed by atoms with Gasteiger partial charge in [-0.2, -0.15) is 5.10 Å². The van der Waals surface area contributed by atoms with Crippen molar-refractivity contribution in [1.29, 1.82) is 0 Å². The Bertz CT molecular complexity index is 2020. The van der Waals surface area contributed by atoms with Gasteiger partial charge < -0.3 is 19.5 Å². The van der Waals surface area contributed by atoms with Crippen molar-refractivity contribution in [2.24, 2.45) is 5.10 Å². The summed E-state index contributed by atoms with van der Waals surface area (Å²) in [6.07, 6.45) is 4.03. The number of carbonyl (C=O) groups is 4. The maximum Gasteiger partial charge on any atom is 0.343 e. The lowest BCUT2D eigenvalue weighted by Gasteiger charge is -2.08. The van der Waals surface area contributed by atoms with Gasteiger partial charge in [-0.15, -0.1) is 0 Å². The molecule has 2 N–H and O–H groups in total. The predicted molar refractivity (Wildman–Crippen MR) is 186 cm³/mol. The number of hydrogen-bond acceptors (Lipinski definition) is 8. The number of hydrazone groups is 1. The SMILES string of the molecule is COc1ccc(C(=O)Oc2ccccc2/C=C/C(=O)Oc2ccccc2/C=N/NC(=O)c2ccc(NC(=O)c3ccc(Cl)cc3)cc2)cc1. The van der Waals surface area contributed by atoms with Crippen LogP contribution in [-0.2, 0) is 4.79 Å². The molecular weight excluding hydrogens is 646 g/mol. The summed E-state index contributed by atoms with van der Waals surface area (Å²) in [6.45, 7) is 0. The fourth-order valence-electron chi connectivity index (χ4n) is 4.31. The lowest BCUT2D eigenvalue weighted by atomic mass is 10.1. The van der Waals surface area contributed by atoms with E-state index in [2.05, 4.69) is 15.8 Å². The topological polar surface area (TPSA) is 132 Å². The summed E-state index contributed by atoms with van der Waals surface area (Å²) < 4.78 is 16.2. The van der Waals surface area contributed by atoms with Crippen LogP contribution in [-0.4, -0.2) is 37.1 Å². The van der Waals surface area contributed by atoms with Crippen LogP contribution in [0.4, 0.5) is 5.69 Å². The number of nitrogens with zero attached hydrogens (tertiary/aromatic N) is 1. The molecule has 244 valence electrons. The Morgan fingerprint density at radius 3 is 1.90 bits per heavy atom. The Hall–Kier alpha value is -6.52. The lowest BCUT2D eigenvalue weighted by Crippen LogP contribution is -2.18. The first-order valence-corrected chi connectivity index (χ1v) is 15.1. The predicted octanol–water partition coefficient (Wildman–Crippen LogP) is 7.20. The minimum Gasteiger partial charge on any atom is -0.497 e. The van der Waals surface area contributed by atoms with Gasteiger partial charge in [0, 0.05) is 39.0 Å². The Labute approximate surface area is 286 Å². The van der Waals surface area contributed by atoms with Crippen LogP contribution >= 0.6 is 11.6 Å². The van der Waals surface area contributed by atoms with Crippen LogP contribution in [0.5, 0.6) is 17.2 Å². The fraction of sp³-hybridized carbons (Fsp3) is 0.0263. The number of para-hydroxylation sites is 2. The highest BCUT2D eigenvalue weighted by Gasteiger charge is 2.12. The summed E-state index contributed by atoms with van der Waals surface area (Å²) in [5, 5.41) is 7.28. The molecule has 0 bridgehead atoms. The van der Waals surface area contributed by atoms with Gasteiger partial charge in [0.1, 0.15) is 17.2 Å². The quantitative estimate of drug-likeness (QED) is 0.0498. The number of ether oxygens (including phenoxy) is 3. The Morgan fingerprint density at radius 1 is 0.653 bits per heavy atom. The minimum absolute atomic E-state index is 0.204. The molecule has 10 nitrogen and oxygen atoms in total. The van der Waals surface area contributed by atoms with Gasteiger partial charge in [-0.05, 0) is 97.1 Å². The third-order valence-electron chi connectivity index (χ3n) is 6.86. The van der Waals surface area contributed by atoms with Crippen LogP contribution in [0.2, 0.25) is 5.02 Å². The summed E-state index contributed by atoms with van der Waals surface area (Å²) >= 11 is 5.87. The van der Waals surface area contributed by atoms with Gasteiger partial charge in [0.05, 0.1) is 18.9 Å². The van der Waals surface area contributed by atoms with Crippen molar-refractivity contribution < 1.29 is 33.4 Å². The molecule has 0 atom stereocenters. The Balaban J connectivity index is 1.16. The van der Waals surface area contributed by atoms with E-state index >= 15 is 0 Å². The molecule has 0 saturated heterocycles. The smallest absolute Gasteiger partial charge is 0.343 e. The molecular formula is C38H28ClN3O7. The average molecular weight is 674 g/mol. The zero-order valence-corrected chi connectivity index (χ0v) is 26.7.